The molecular formula is C14H21NO3. The molecule has 18 heavy (non-hydrogen) atoms. The third-order valence-corrected chi connectivity index (χ3v) is 2.68. The summed E-state index contributed by atoms with van der Waals surface area (Å²) in [6.45, 7) is 2.45. The zero-order chi connectivity index (χ0) is 13.4. The van der Waals surface area contributed by atoms with Crippen LogP contribution in [-0.2, 0) is 16.2 Å². The second-order valence-corrected chi connectivity index (χ2v) is 4.12. The van der Waals surface area contributed by atoms with Gasteiger partial charge in [0.15, 0.2) is 0 Å². The predicted octanol–water partition coefficient (Wildman–Crippen LogP) is 2.78. The summed E-state index contributed by atoms with van der Waals surface area (Å²) in [6.07, 6.45) is 2.45. The van der Waals surface area contributed by atoms with Crippen LogP contribution in [0.5, 0.6) is 5.75 Å². The maximum Gasteiger partial charge on any atom is 0.245 e. The van der Waals surface area contributed by atoms with Gasteiger partial charge in [0.2, 0.25) is 5.91 Å². The van der Waals surface area contributed by atoms with Crippen molar-refractivity contribution in [2.45, 2.75) is 32.8 Å². The lowest BCUT2D eigenvalue weighted by Crippen LogP contribution is -2.26. The average Bonchev–Trinajstić information content (AvgIpc) is 2.42. The highest BCUT2D eigenvalue weighted by Crippen LogP contribution is 2.12. The van der Waals surface area contributed by atoms with Crippen LogP contribution in [0.25, 0.3) is 0 Å². The van der Waals surface area contributed by atoms with Crippen LogP contribution in [0.2, 0.25) is 0 Å². The molecule has 0 aliphatic rings. The minimum Gasteiger partial charge on any atom is -0.497 e. The van der Waals surface area contributed by atoms with Crippen molar-refractivity contribution in [1.29, 1.82) is 0 Å². The number of unbranched alkanes of at least 4 members (excludes halogenated alkanes) is 1. The van der Waals surface area contributed by atoms with E-state index in [1.165, 1.54) is 5.06 Å². The largest absolute Gasteiger partial charge is 0.497 e. The van der Waals surface area contributed by atoms with E-state index >= 15 is 0 Å². The Kier molecular flexibility index (Phi) is 6.22. The summed E-state index contributed by atoms with van der Waals surface area (Å²) in [4.78, 5) is 17.0. The molecule has 0 saturated carbocycles. The van der Waals surface area contributed by atoms with Gasteiger partial charge in [-0.2, -0.15) is 0 Å². The molecule has 0 radical (unpaired) electrons. The smallest absolute Gasteiger partial charge is 0.245 e. The molecule has 0 N–H and O–H groups in total. The quantitative estimate of drug-likeness (QED) is 0.699. The first-order valence-electron chi connectivity index (χ1n) is 6.19. The van der Waals surface area contributed by atoms with E-state index in [1.807, 2.05) is 24.3 Å². The molecule has 0 unspecified atom stereocenters. The number of amides is 1. The van der Waals surface area contributed by atoms with Gasteiger partial charge in [0.25, 0.3) is 0 Å². The fourth-order valence-electron chi connectivity index (χ4n) is 1.45. The number of hydrogen-bond donors (Lipinski definition) is 0. The summed E-state index contributed by atoms with van der Waals surface area (Å²) in [5, 5.41) is 1.32. The third kappa shape index (κ3) is 4.75. The van der Waals surface area contributed by atoms with Gasteiger partial charge in [-0.05, 0) is 24.1 Å². The molecule has 4 nitrogen and oxygen atoms in total. The molecule has 1 aromatic rings. The van der Waals surface area contributed by atoms with Crippen LogP contribution in [-0.4, -0.2) is 25.1 Å². The zero-order valence-corrected chi connectivity index (χ0v) is 11.3. The molecule has 0 fully saturated rings. The Morgan fingerprint density at radius 2 is 1.94 bits per heavy atom. The van der Waals surface area contributed by atoms with E-state index in [0.717, 1.165) is 24.2 Å². The van der Waals surface area contributed by atoms with E-state index in [9.17, 15) is 4.79 Å². The standard InChI is InChI=1S/C14H21NO3/c1-4-5-6-14(16)15(2)18-11-12-7-9-13(17-3)10-8-12/h7-10H,4-6,11H2,1-3H3. The molecule has 1 amide bonds. The van der Waals surface area contributed by atoms with Gasteiger partial charge in [0.05, 0.1) is 7.11 Å². The van der Waals surface area contributed by atoms with Crippen molar-refractivity contribution in [3.05, 3.63) is 29.8 Å². The van der Waals surface area contributed by atoms with Gasteiger partial charge < -0.3 is 4.74 Å². The van der Waals surface area contributed by atoms with Gasteiger partial charge in [-0.1, -0.05) is 25.5 Å². The summed E-state index contributed by atoms with van der Waals surface area (Å²) < 4.78 is 5.07. The number of ether oxygens (including phenoxy) is 1. The summed E-state index contributed by atoms with van der Waals surface area (Å²) in [6, 6.07) is 7.58. The number of carbonyl (C=O) groups is 1. The molecular weight excluding hydrogens is 230 g/mol. The van der Waals surface area contributed by atoms with Gasteiger partial charge in [0.1, 0.15) is 12.4 Å². The number of hydrogen-bond acceptors (Lipinski definition) is 3. The van der Waals surface area contributed by atoms with Crippen molar-refractivity contribution in [2.75, 3.05) is 14.2 Å². The Bertz CT molecular complexity index is 362. The van der Waals surface area contributed by atoms with Gasteiger partial charge in [-0.15, -0.1) is 0 Å². The molecule has 0 spiro atoms. The maximum atomic E-state index is 11.6. The Labute approximate surface area is 108 Å². The highest BCUT2D eigenvalue weighted by Gasteiger charge is 2.08. The Hall–Kier alpha value is -1.55. The number of nitrogens with zero attached hydrogens (tertiary/aromatic N) is 1. The molecule has 0 atom stereocenters. The molecule has 0 aliphatic heterocycles. The monoisotopic (exact) mass is 251 g/mol. The maximum absolute atomic E-state index is 11.6. The van der Waals surface area contributed by atoms with Gasteiger partial charge in [-0.25, -0.2) is 5.06 Å². The highest BCUT2D eigenvalue weighted by molar-refractivity contribution is 5.74. The Morgan fingerprint density at radius 3 is 2.50 bits per heavy atom. The van der Waals surface area contributed by atoms with Crippen molar-refractivity contribution in [3.8, 4) is 5.75 Å². The number of benzene rings is 1. The first-order valence-corrected chi connectivity index (χ1v) is 6.19. The summed E-state index contributed by atoms with van der Waals surface area (Å²) in [5.41, 5.74) is 1.01. The molecule has 100 valence electrons. The van der Waals surface area contributed by atoms with Crippen molar-refractivity contribution in [2.24, 2.45) is 0 Å². The molecule has 0 aromatic heterocycles. The number of methoxy groups -OCH3 is 1. The Morgan fingerprint density at radius 1 is 1.28 bits per heavy atom. The van der Waals surface area contributed by atoms with E-state index in [0.29, 0.717) is 13.0 Å². The molecule has 1 aromatic carbocycles. The lowest BCUT2D eigenvalue weighted by Gasteiger charge is -2.16. The van der Waals surface area contributed by atoms with E-state index < -0.39 is 0 Å². The fraction of sp³-hybridized carbons (Fsp3) is 0.500. The SMILES string of the molecule is CCCCC(=O)N(C)OCc1ccc(OC)cc1. The van der Waals surface area contributed by atoms with Crippen LogP contribution in [0.3, 0.4) is 0 Å². The van der Waals surface area contributed by atoms with Crippen LogP contribution >= 0.6 is 0 Å². The fourth-order valence-corrected chi connectivity index (χ4v) is 1.45. The second-order valence-electron chi connectivity index (χ2n) is 4.12. The lowest BCUT2D eigenvalue weighted by molar-refractivity contribution is -0.182. The normalized spacial score (nSPS) is 10.2. The van der Waals surface area contributed by atoms with E-state index in [2.05, 4.69) is 6.92 Å². The van der Waals surface area contributed by atoms with Crippen molar-refractivity contribution < 1.29 is 14.4 Å². The van der Waals surface area contributed by atoms with E-state index in [4.69, 9.17) is 9.57 Å². The Balaban J connectivity index is 2.36. The number of hydroxylamine groups is 2. The topological polar surface area (TPSA) is 38.8 Å². The summed E-state index contributed by atoms with van der Waals surface area (Å²) in [5.74, 6) is 0.830. The summed E-state index contributed by atoms with van der Waals surface area (Å²) >= 11 is 0. The molecule has 0 aliphatic carbocycles. The number of rotatable bonds is 7. The lowest BCUT2D eigenvalue weighted by atomic mass is 10.2. The zero-order valence-electron chi connectivity index (χ0n) is 11.3. The molecule has 4 heteroatoms. The number of carbonyl (C=O) groups excluding carboxylic acids is 1. The molecule has 1 rings (SSSR count). The molecule has 0 saturated heterocycles. The van der Waals surface area contributed by atoms with Gasteiger partial charge >= 0.3 is 0 Å². The van der Waals surface area contributed by atoms with Crippen molar-refractivity contribution >= 4 is 5.91 Å². The van der Waals surface area contributed by atoms with E-state index in [1.54, 1.807) is 14.2 Å². The predicted molar refractivity (Wildman–Crippen MR) is 70.1 cm³/mol. The van der Waals surface area contributed by atoms with Crippen molar-refractivity contribution in [3.63, 3.8) is 0 Å². The minimum absolute atomic E-state index is 0.0189. The van der Waals surface area contributed by atoms with E-state index in [-0.39, 0.29) is 5.91 Å². The first kappa shape index (κ1) is 14.5. The van der Waals surface area contributed by atoms with Crippen LogP contribution in [0, 0.1) is 0 Å². The van der Waals surface area contributed by atoms with Gasteiger partial charge in [0, 0.05) is 13.5 Å². The first-order chi connectivity index (χ1) is 8.67. The van der Waals surface area contributed by atoms with Crippen LogP contribution in [0.15, 0.2) is 24.3 Å². The minimum atomic E-state index is 0.0189. The van der Waals surface area contributed by atoms with Gasteiger partial charge in [-0.3, -0.25) is 9.63 Å². The van der Waals surface area contributed by atoms with Crippen LogP contribution in [0.1, 0.15) is 31.7 Å². The average molecular weight is 251 g/mol. The summed E-state index contributed by atoms with van der Waals surface area (Å²) in [7, 11) is 3.28. The second kappa shape index (κ2) is 7.71. The molecule has 0 bridgehead atoms. The highest BCUT2D eigenvalue weighted by atomic mass is 16.7. The molecule has 0 heterocycles. The van der Waals surface area contributed by atoms with Crippen LogP contribution < -0.4 is 4.74 Å². The van der Waals surface area contributed by atoms with Crippen molar-refractivity contribution in [1.82, 2.24) is 5.06 Å². The van der Waals surface area contributed by atoms with Crippen LogP contribution in [0.4, 0.5) is 0 Å². The third-order valence-electron chi connectivity index (χ3n) is 2.68.